The van der Waals surface area contributed by atoms with Crippen LogP contribution in [-0.4, -0.2) is 18.6 Å². The molecule has 1 aromatic carbocycles. The molecule has 0 spiro atoms. The second-order valence-corrected chi connectivity index (χ2v) is 8.81. The van der Waals surface area contributed by atoms with Crippen LogP contribution in [0.5, 0.6) is 0 Å². The fourth-order valence-electron chi connectivity index (χ4n) is 2.17. The van der Waals surface area contributed by atoms with Gasteiger partial charge in [0.2, 0.25) is 11.8 Å². The third-order valence-corrected chi connectivity index (χ3v) is 5.90. The van der Waals surface area contributed by atoms with Crippen molar-refractivity contribution in [2.24, 2.45) is 0 Å². The molecule has 5 nitrogen and oxygen atoms in total. The van der Waals surface area contributed by atoms with Crippen molar-refractivity contribution in [3.05, 3.63) is 41.1 Å². The van der Waals surface area contributed by atoms with E-state index in [1.807, 2.05) is 12.1 Å². The van der Waals surface area contributed by atoms with Crippen LogP contribution in [0.4, 0.5) is 0 Å². The standard InChI is InChI=1S/C16H22N2O3S/c1-10-7-8-13(16(4,5)6)9-14(10)22(19,20)11(2)15-18-17-12(3)21-15/h7-9,11H,1-6H3. The van der Waals surface area contributed by atoms with Gasteiger partial charge in [-0.05, 0) is 36.5 Å². The summed E-state index contributed by atoms with van der Waals surface area (Å²) in [4.78, 5) is 0.322. The van der Waals surface area contributed by atoms with Crippen LogP contribution in [0.3, 0.4) is 0 Å². The quantitative estimate of drug-likeness (QED) is 0.864. The first kappa shape index (κ1) is 16.7. The summed E-state index contributed by atoms with van der Waals surface area (Å²) in [7, 11) is -3.59. The second-order valence-electron chi connectivity index (χ2n) is 6.58. The maximum Gasteiger partial charge on any atom is 0.234 e. The van der Waals surface area contributed by atoms with Crippen molar-refractivity contribution in [1.29, 1.82) is 0 Å². The van der Waals surface area contributed by atoms with Crippen molar-refractivity contribution in [2.45, 2.75) is 57.1 Å². The van der Waals surface area contributed by atoms with Gasteiger partial charge in [-0.1, -0.05) is 32.9 Å². The Kier molecular flexibility index (Phi) is 4.17. The van der Waals surface area contributed by atoms with E-state index in [1.165, 1.54) is 0 Å². The van der Waals surface area contributed by atoms with Gasteiger partial charge in [-0.3, -0.25) is 0 Å². The molecule has 1 heterocycles. The van der Waals surface area contributed by atoms with Crippen LogP contribution in [0.25, 0.3) is 0 Å². The maximum absolute atomic E-state index is 12.9. The zero-order valence-electron chi connectivity index (χ0n) is 13.8. The molecule has 1 unspecified atom stereocenters. The van der Waals surface area contributed by atoms with Crippen molar-refractivity contribution in [3.8, 4) is 0 Å². The molecule has 0 aliphatic carbocycles. The molecule has 2 rings (SSSR count). The molecular weight excluding hydrogens is 300 g/mol. The Morgan fingerprint density at radius 2 is 1.77 bits per heavy atom. The van der Waals surface area contributed by atoms with E-state index in [0.29, 0.717) is 10.8 Å². The van der Waals surface area contributed by atoms with Crippen LogP contribution in [0, 0.1) is 13.8 Å². The largest absolute Gasteiger partial charge is 0.424 e. The number of nitrogens with zero attached hydrogens (tertiary/aromatic N) is 2. The lowest BCUT2D eigenvalue weighted by Crippen LogP contribution is -2.16. The summed E-state index contributed by atoms with van der Waals surface area (Å²) in [5, 5.41) is 6.68. The molecule has 0 saturated heterocycles. The lowest BCUT2D eigenvalue weighted by molar-refractivity contribution is 0.461. The Morgan fingerprint density at radius 1 is 1.14 bits per heavy atom. The van der Waals surface area contributed by atoms with Gasteiger partial charge in [0.1, 0.15) is 5.25 Å². The minimum atomic E-state index is -3.59. The van der Waals surface area contributed by atoms with E-state index in [1.54, 1.807) is 26.8 Å². The van der Waals surface area contributed by atoms with E-state index < -0.39 is 15.1 Å². The van der Waals surface area contributed by atoms with Crippen molar-refractivity contribution < 1.29 is 12.8 Å². The predicted molar refractivity (Wildman–Crippen MR) is 84.5 cm³/mol. The first-order valence-electron chi connectivity index (χ1n) is 7.18. The fraction of sp³-hybridized carbons (Fsp3) is 0.500. The maximum atomic E-state index is 12.9. The highest BCUT2D eigenvalue weighted by Crippen LogP contribution is 2.33. The summed E-state index contributed by atoms with van der Waals surface area (Å²) >= 11 is 0. The summed E-state index contributed by atoms with van der Waals surface area (Å²) in [5.74, 6) is 0.482. The summed E-state index contributed by atoms with van der Waals surface area (Å²) < 4.78 is 31.1. The molecule has 1 aromatic heterocycles. The minimum absolute atomic E-state index is 0.123. The molecule has 6 heteroatoms. The smallest absolute Gasteiger partial charge is 0.234 e. The number of aryl methyl sites for hydroxylation is 2. The Bertz CT molecular complexity index is 786. The van der Waals surface area contributed by atoms with E-state index in [9.17, 15) is 8.42 Å². The molecule has 0 radical (unpaired) electrons. The summed E-state index contributed by atoms with van der Waals surface area (Å²) in [5.41, 5.74) is 1.57. The molecule has 22 heavy (non-hydrogen) atoms. The van der Waals surface area contributed by atoms with E-state index in [2.05, 4.69) is 31.0 Å². The molecule has 0 amide bonds. The summed E-state index contributed by atoms with van der Waals surface area (Å²) in [6.07, 6.45) is 0. The van der Waals surface area contributed by atoms with Crippen molar-refractivity contribution in [1.82, 2.24) is 10.2 Å². The van der Waals surface area contributed by atoms with Crippen molar-refractivity contribution >= 4 is 9.84 Å². The van der Waals surface area contributed by atoms with Crippen LogP contribution < -0.4 is 0 Å². The Balaban J connectivity index is 2.54. The number of hydrogen-bond acceptors (Lipinski definition) is 5. The SMILES string of the molecule is Cc1nnc(C(C)S(=O)(=O)c2cc(C(C)(C)C)ccc2C)o1. The van der Waals surface area contributed by atoms with Gasteiger partial charge in [0, 0.05) is 6.92 Å². The average Bonchev–Trinajstić information content (AvgIpc) is 2.83. The highest BCUT2D eigenvalue weighted by molar-refractivity contribution is 7.91. The Morgan fingerprint density at radius 3 is 2.27 bits per heavy atom. The van der Waals surface area contributed by atoms with Gasteiger partial charge in [-0.25, -0.2) is 8.42 Å². The van der Waals surface area contributed by atoms with Gasteiger partial charge >= 0.3 is 0 Å². The van der Waals surface area contributed by atoms with Crippen molar-refractivity contribution in [3.63, 3.8) is 0 Å². The van der Waals surface area contributed by atoms with E-state index in [0.717, 1.165) is 11.1 Å². The lowest BCUT2D eigenvalue weighted by Gasteiger charge is -2.21. The molecule has 0 aliphatic heterocycles. The van der Waals surface area contributed by atoms with Gasteiger partial charge in [0.05, 0.1) is 4.90 Å². The first-order chi connectivity index (χ1) is 10.0. The van der Waals surface area contributed by atoms with Crippen LogP contribution in [-0.2, 0) is 15.3 Å². The van der Waals surface area contributed by atoms with Crippen LogP contribution in [0.2, 0.25) is 0 Å². The molecule has 0 bridgehead atoms. The zero-order valence-corrected chi connectivity index (χ0v) is 14.7. The lowest BCUT2D eigenvalue weighted by atomic mass is 9.87. The van der Waals surface area contributed by atoms with E-state index in [-0.39, 0.29) is 11.3 Å². The molecule has 0 aliphatic rings. The number of sulfone groups is 1. The molecule has 0 fully saturated rings. The number of rotatable bonds is 3. The zero-order chi connectivity index (χ0) is 16.7. The number of benzene rings is 1. The van der Waals surface area contributed by atoms with Gasteiger partial charge < -0.3 is 4.42 Å². The highest BCUT2D eigenvalue weighted by atomic mass is 32.2. The summed E-state index contributed by atoms with van der Waals surface area (Å²) in [6, 6.07) is 5.57. The monoisotopic (exact) mass is 322 g/mol. The Labute approximate surface area is 131 Å². The molecule has 2 aromatic rings. The predicted octanol–water partition coefficient (Wildman–Crippen LogP) is 3.52. The minimum Gasteiger partial charge on any atom is -0.424 e. The van der Waals surface area contributed by atoms with Gasteiger partial charge in [0.15, 0.2) is 9.84 Å². The number of aromatic nitrogens is 2. The van der Waals surface area contributed by atoms with Gasteiger partial charge in [-0.2, -0.15) is 0 Å². The van der Waals surface area contributed by atoms with E-state index >= 15 is 0 Å². The number of hydrogen-bond donors (Lipinski definition) is 0. The molecule has 1 atom stereocenters. The molecular formula is C16H22N2O3S. The molecule has 120 valence electrons. The van der Waals surface area contributed by atoms with Crippen LogP contribution in [0.1, 0.15) is 55.9 Å². The molecule has 0 saturated carbocycles. The Hall–Kier alpha value is -1.69. The average molecular weight is 322 g/mol. The van der Waals surface area contributed by atoms with Gasteiger partial charge in [0.25, 0.3) is 0 Å². The molecule has 0 N–H and O–H groups in total. The first-order valence-corrected chi connectivity index (χ1v) is 8.73. The third kappa shape index (κ3) is 3.06. The van der Waals surface area contributed by atoms with E-state index in [4.69, 9.17) is 4.42 Å². The van der Waals surface area contributed by atoms with Crippen LogP contribution in [0.15, 0.2) is 27.5 Å². The summed E-state index contributed by atoms with van der Waals surface area (Å²) in [6.45, 7) is 11.2. The normalized spacial score (nSPS) is 14.1. The highest BCUT2D eigenvalue weighted by Gasteiger charge is 2.31. The third-order valence-electron chi connectivity index (χ3n) is 3.72. The topological polar surface area (TPSA) is 73.1 Å². The van der Waals surface area contributed by atoms with Gasteiger partial charge in [-0.15, -0.1) is 10.2 Å². The fourth-order valence-corrected chi connectivity index (χ4v) is 3.72. The van der Waals surface area contributed by atoms with Crippen LogP contribution >= 0.6 is 0 Å². The second kappa shape index (κ2) is 5.50. The van der Waals surface area contributed by atoms with Crippen molar-refractivity contribution in [2.75, 3.05) is 0 Å².